The van der Waals surface area contributed by atoms with Crippen molar-refractivity contribution in [3.63, 3.8) is 0 Å². The molecule has 2 rings (SSSR count). The first-order valence-electron chi connectivity index (χ1n) is 8.39. The van der Waals surface area contributed by atoms with E-state index in [4.69, 9.17) is 4.74 Å². The molecule has 0 unspecified atom stereocenters. The SMILES string of the molecule is CCOCC1(CNC(=O)CN2CCCN(C)CC2)CCC1. The summed E-state index contributed by atoms with van der Waals surface area (Å²) in [5.74, 6) is 0.169. The lowest BCUT2D eigenvalue weighted by atomic mass is 9.69. The molecule has 0 atom stereocenters. The van der Waals surface area contributed by atoms with Gasteiger partial charge in [0.05, 0.1) is 13.2 Å². The number of amides is 1. The summed E-state index contributed by atoms with van der Waals surface area (Å²) in [6, 6.07) is 0. The van der Waals surface area contributed by atoms with Crippen LogP contribution in [0.1, 0.15) is 32.6 Å². The van der Waals surface area contributed by atoms with Crippen LogP contribution in [0, 0.1) is 5.41 Å². The van der Waals surface area contributed by atoms with E-state index in [2.05, 4.69) is 22.2 Å². The van der Waals surface area contributed by atoms with Gasteiger partial charge in [0.25, 0.3) is 0 Å². The van der Waals surface area contributed by atoms with Crippen molar-refractivity contribution in [1.29, 1.82) is 0 Å². The highest BCUT2D eigenvalue weighted by molar-refractivity contribution is 5.78. The van der Waals surface area contributed by atoms with Gasteiger partial charge < -0.3 is 15.0 Å². The van der Waals surface area contributed by atoms with Crippen molar-refractivity contribution in [2.75, 3.05) is 59.5 Å². The second kappa shape index (κ2) is 8.11. The van der Waals surface area contributed by atoms with Crippen LogP contribution in [0.15, 0.2) is 0 Å². The third kappa shape index (κ3) is 5.24. The summed E-state index contributed by atoms with van der Waals surface area (Å²) in [6.07, 6.45) is 4.78. The van der Waals surface area contributed by atoms with Crippen molar-refractivity contribution < 1.29 is 9.53 Å². The Hall–Kier alpha value is -0.650. The fraction of sp³-hybridized carbons (Fsp3) is 0.938. The number of nitrogens with one attached hydrogen (secondary N) is 1. The maximum absolute atomic E-state index is 12.2. The van der Waals surface area contributed by atoms with E-state index in [1.807, 2.05) is 6.92 Å². The number of carbonyl (C=O) groups excluding carboxylic acids is 1. The van der Waals surface area contributed by atoms with Gasteiger partial charge in [0, 0.05) is 31.7 Å². The molecule has 0 aromatic heterocycles. The lowest BCUT2D eigenvalue weighted by Gasteiger charge is -2.41. The third-order valence-electron chi connectivity index (χ3n) is 4.87. The van der Waals surface area contributed by atoms with Crippen molar-refractivity contribution in [2.24, 2.45) is 5.41 Å². The van der Waals surface area contributed by atoms with Crippen LogP contribution in [0.2, 0.25) is 0 Å². The van der Waals surface area contributed by atoms with E-state index >= 15 is 0 Å². The quantitative estimate of drug-likeness (QED) is 0.760. The van der Waals surface area contributed by atoms with E-state index in [0.29, 0.717) is 6.54 Å². The van der Waals surface area contributed by atoms with Crippen LogP contribution in [0.25, 0.3) is 0 Å². The molecular formula is C16H31N3O2. The second-order valence-electron chi connectivity index (χ2n) is 6.70. The van der Waals surface area contributed by atoms with Gasteiger partial charge in [0.1, 0.15) is 0 Å². The standard InChI is InChI=1S/C16H31N3O2/c1-3-21-14-16(6-4-7-16)13-17-15(20)12-19-9-5-8-18(2)10-11-19/h3-14H2,1-2H3,(H,17,20). The summed E-state index contributed by atoms with van der Waals surface area (Å²) in [5, 5.41) is 3.14. The summed E-state index contributed by atoms with van der Waals surface area (Å²) >= 11 is 0. The molecule has 1 saturated heterocycles. The molecule has 0 aromatic carbocycles. The minimum atomic E-state index is 0.169. The smallest absolute Gasteiger partial charge is 0.234 e. The van der Waals surface area contributed by atoms with E-state index in [0.717, 1.165) is 52.4 Å². The van der Waals surface area contributed by atoms with Gasteiger partial charge in [0.2, 0.25) is 5.91 Å². The van der Waals surface area contributed by atoms with Crippen molar-refractivity contribution in [3.05, 3.63) is 0 Å². The largest absolute Gasteiger partial charge is 0.381 e. The minimum Gasteiger partial charge on any atom is -0.381 e. The summed E-state index contributed by atoms with van der Waals surface area (Å²) in [5.41, 5.74) is 0.213. The van der Waals surface area contributed by atoms with Crippen LogP contribution < -0.4 is 5.32 Å². The summed E-state index contributed by atoms with van der Waals surface area (Å²) in [4.78, 5) is 16.8. The molecule has 1 heterocycles. The molecule has 0 aromatic rings. The number of nitrogens with zero attached hydrogens (tertiary/aromatic N) is 2. The van der Waals surface area contributed by atoms with Crippen LogP contribution in [0.3, 0.4) is 0 Å². The van der Waals surface area contributed by atoms with Crippen LogP contribution in [-0.2, 0) is 9.53 Å². The monoisotopic (exact) mass is 297 g/mol. The van der Waals surface area contributed by atoms with E-state index in [9.17, 15) is 4.79 Å². The van der Waals surface area contributed by atoms with Gasteiger partial charge in [-0.1, -0.05) is 6.42 Å². The van der Waals surface area contributed by atoms with Crippen molar-refractivity contribution in [1.82, 2.24) is 15.1 Å². The Bertz CT molecular complexity index is 331. The first-order chi connectivity index (χ1) is 10.1. The third-order valence-corrected chi connectivity index (χ3v) is 4.87. The topological polar surface area (TPSA) is 44.8 Å². The minimum absolute atomic E-state index is 0.169. The molecule has 21 heavy (non-hydrogen) atoms. The van der Waals surface area contributed by atoms with E-state index < -0.39 is 0 Å². The first-order valence-corrected chi connectivity index (χ1v) is 8.39. The molecule has 5 nitrogen and oxygen atoms in total. The van der Waals surface area contributed by atoms with Crippen molar-refractivity contribution in [3.8, 4) is 0 Å². The Morgan fingerprint density at radius 1 is 1.19 bits per heavy atom. The molecule has 1 aliphatic heterocycles. The Labute approximate surface area is 129 Å². The van der Waals surface area contributed by atoms with Gasteiger partial charge >= 0.3 is 0 Å². The van der Waals surface area contributed by atoms with E-state index in [1.165, 1.54) is 19.3 Å². The average molecular weight is 297 g/mol. The number of hydrogen-bond donors (Lipinski definition) is 1. The zero-order valence-corrected chi connectivity index (χ0v) is 13.7. The molecule has 2 fully saturated rings. The lowest BCUT2D eigenvalue weighted by molar-refractivity contribution is -0.123. The fourth-order valence-corrected chi connectivity index (χ4v) is 3.17. The second-order valence-corrected chi connectivity index (χ2v) is 6.70. The summed E-state index contributed by atoms with van der Waals surface area (Å²) in [7, 11) is 2.15. The molecule has 1 saturated carbocycles. The van der Waals surface area contributed by atoms with Crippen molar-refractivity contribution >= 4 is 5.91 Å². The summed E-state index contributed by atoms with van der Waals surface area (Å²) in [6.45, 7) is 9.11. The molecule has 1 amide bonds. The predicted molar refractivity (Wildman–Crippen MR) is 84.3 cm³/mol. The maximum atomic E-state index is 12.2. The summed E-state index contributed by atoms with van der Waals surface area (Å²) < 4.78 is 5.58. The van der Waals surface area contributed by atoms with Gasteiger partial charge in [-0.15, -0.1) is 0 Å². The lowest BCUT2D eigenvalue weighted by Crippen LogP contribution is -2.47. The molecule has 0 radical (unpaired) electrons. The van der Waals surface area contributed by atoms with Crippen LogP contribution in [0.4, 0.5) is 0 Å². The van der Waals surface area contributed by atoms with E-state index in [1.54, 1.807) is 0 Å². The van der Waals surface area contributed by atoms with Gasteiger partial charge in [0.15, 0.2) is 0 Å². The van der Waals surface area contributed by atoms with Gasteiger partial charge in [-0.3, -0.25) is 9.69 Å². The molecule has 1 N–H and O–H groups in total. The Balaban J connectivity index is 1.69. The highest BCUT2D eigenvalue weighted by Gasteiger charge is 2.37. The highest BCUT2D eigenvalue weighted by Crippen LogP contribution is 2.40. The molecule has 5 heteroatoms. The van der Waals surface area contributed by atoms with Crippen LogP contribution in [0.5, 0.6) is 0 Å². The van der Waals surface area contributed by atoms with Crippen LogP contribution >= 0.6 is 0 Å². The van der Waals surface area contributed by atoms with Gasteiger partial charge in [-0.05, 0) is 46.3 Å². The zero-order chi connectivity index (χ0) is 15.1. The number of ether oxygens (including phenoxy) is 1. The number of hydrogen-bond acceptors (Lipinski definition) is 4. The Morgan fingerprint density at radius 3 is 2.67 bits per heavy atom. The van der Waals surface area contributed by atoms with Crippen molar-refractivity contribution in [2.45, 2.75) is 32.6 Å². The molecule has 0 bridgehead atoms. The number of likely N-dealkylation sites (N-methyl/N-ethyl adjacent to an activating group) is 1. The van der Waals surface area contributed by atoms with E-state index in [-0.39, 0.29) is 11.3 Å². The molecule has 2 aliphatic rings. The first kappa shape index (κ1) is 16.7. The van der Waals surface area contributed by atoms with Gasteiger partial charge in [-0.25, -0.2) is 0 Å². The number of carbonyl (C=O) groups is 1. The Kier molecular flexibility index (Phi) is 6.45. The maximum Gasteiger partial charge on any atom is 0.234 e. The molecule has 1 aliphatic carbocycles. The average Bonchev–Trinajstić information content (AvgIpc) is 2.62. The normalized spacial score (nSPS) is 23.3. The molecule has 122 valence electrons. The van der Waals surface area contributed by atoms with Crippen LogP contribution in [-0.4, -0.2) is 75.2 Å². The zero-order valence-electron chi connectivity index (χ0n) is 13.7. The highest BCUT2D eigenvalue weighted by atomic mass is 16.5. The number of rotatable bonds is 7. The van der Waals surface area contributed by atoms with Gasteiger partial charge in [-0.2, -0.15) is 0 Å². The fourth-order valence-electron chi connectivity index (χ4n) is 3.17. The Morgan fingerprint density at radius 2 is 2.00 bits per heavy atom. The molecule has 0 spiro atoms. The predicted octanol–water partition coefficient (Wildman–Crippen LogP) is 0.947. The molecular weight excluding hydrogens is 266 g/mol.